The summed E-state index contributed by atoms with van der Waals surface area (Å²) in [6.45, 7) is 1.68. The fraction of sp³-hybridized carbons (Fsp3) is 0.143. The van der Waals surface area contributed by atoms with Crippen molar-refractivity contribution in [3.8, 4) is 11.5 Å². The van der Waals surface area contributed by atoms with E-state index in [1.165, 1.54) is 30.3 Å². The zero-order valence-corrected chi connectivity index (χ0v) is 10.7. The molecule has 20 heavy (non-hydrogen) atoms. The van der Waals surface area contributed by atoms with Crippen molar-refractivity contribution in [2.75, 3.05) is 0 Å². The predicted octanol–water partition coefficient (Wildman–Crippen LogP) is 3.55. The monoisotopic (exact) mass is 276 g/mol. The van der Waals surface area contributed by atoms with Crippen molar-refractivity contribution in [2.45, 2.75) is 13.0 Å². The van der Waals surface area contributed by atoms with Gasteiger partial charge in [-0.2, -0.15) is 0 Å². The molecule has 2 aromatic rings. The third-order valence-electron chi connectivity index (χ3n) is 2.74. The largest absolute Gasteiger partial charge is 0.450 e. The van der Waals surface area contributed by atoms with Gasteiger partial charge in [-0.05, 0) is 31.2 Å². The molecule has 5 nitrogen and oxygen atoms in total. The number of nitrogens with zero attached hydrogens (tertiary/aromatic N) is 1. The molecule has 1 atom stereocenters. The standard InChI is InChI=1S/C14H13FN2O3/c1-9(16)11-8-10(15)6-7-13(11)20-14-5-3-2-4-12(14)17(18)19/h2-9H,16H2,1H3. The number of para-hydroxylation sites is 2. The van der Waals surface area contributed by atoms with Gasteiger partial charge in [0.1, 0.15) is 11.6 Å². The summed E-state index contributed by atoms with van der Waals surface area (Å²) in [4.78, 5) is 10.4. The molecule has 6 heteroatoms. The molecular weight excluding hydrogens is 263 g/mol. The minimum Gasteiger partial charge on any atom is -0.450 e. The predicted molar refractivity (Wildman–Crippen MR) is 72.2 cm³/mol. The van der Waals surface area contributed by atoms with Gasteiger partial charge < -0.3 is 10.5 Å². The minimum atomic E-state index is -0.537. The highest BCUT2D eigenvalue weighted by Gasteiger charge is 2.17. The Morgan fingerprint density at radius 2 is 1.95 bits per heavy atom. The van der Waals surface area contributed by atoms with Crippen LogP contribution in [0.1, 0.15) is 18.5 Å². The molecule has 0 saturated heterocycles. The lowest BCUT2D eigenvalue weighted by molar-refractivity contribution is -0.385. The van der Waals surface area contributed by atoms with Crippen LogP contribution in [0.15, 0.2) is 42.5 Å². The van der Waals surface area contributed by atoms with E-state index in [0.29, 0.717) is 11.3 Å². The number of hydrogen-bond donors (Lipinski definition) is 1. The molecule has 1 unspecified atom stereocenters. The lowest BCUT2D eigenvalue weighted by atomic mass is 10.1. The van der Waals surface area contributed by atoms with Crippen LogP contribution in [0.2, 0.25) is 0 Å². The molecule has 0 fully saturated rings. The van der Waals surface area contributed by atoms with E-state index in [0.717, 1.165) is 0 Å². The number of ether oxygens (including phenoxy) is 1. The van der Waals surface area contributed by atoms with Crippen LogP contribution >= 0.6 is 0 Å². The fourth-order valence-electron chi connectivity index (χ4n) is 1.78. The van der Waals surface area contributed by atoms with Gasteiger partial charge in [0.25, 0.3) is 0 Å². The molecule has 2 rings (SSSR count). The Bertz CT molecular complexity index is 644. The summed E-state index contributed by atoms with van der Waals surface area (Å²) in [5.41, 5.74) is 6.04. The maximum absolute atomic E-state index is 13.2. The van der Waals surface area contributed by atoms with Gasteiger partial charge in [0, 0.05) is 17.7 Å². The average Bonchev–Trinajstić information content (AvgIpc) is 2.41. The molecule has 2 aromatic carbocycles. The highest BCUT2D eigenvalue weighted by Crippen LogP contribution is 2.34. The topological polar surface area (TPSA) is 78.4 Å². The van der Waals surface area contributed by atoms with Crippen molar-refractivity contribution in [3.63, 3.8) is 0 Å². The SMILES string of the molecule is CC(N)c1cc(F)ccc1Oc1ccccc1[N+](=O)[O-]. The molecule has 0 amide bonds. The molecule has 0 aliphatic carbocycles. The number of halogens is 1. The summed E-state index contributed by atoms with van der Waals surface area (Å²) in [6, 6.07) is 9.41. The summed E-state index contributed by atoms with van der Waals surface area (Å²) in [5, 5.41) is 10.9. The van der Waals surface area contributed by atoms with Crippen LogP contribution in [0.3, 0.4) is 0 Å². The van der Waals surface area contributed by atoms with Gasteiger partial charge in [0.15, 0.2) is 0 Å². The number of benzene rings is 2. The molecule has 104 valence electrons. The van der Waals surface area contributed by atoms with Gasteiger partial charge >= 0.3 is 5.69 Å². The highest BCUT2D eigenvalue weighted by molar-refractivity contribution is 5.49. The van der Waals surface area contributed by atoms with E-state index in [2.05, 4.69) is 0 Å². The Morgan fingerprint density at radius 1 is 1.25 bits per heavy atom. The van der Waals surface area contributed by atoms with Crippen LogP contribution in [0.4, 0.5) is 10.1 Å². The zero-order valence-electron chi connectivity index (χ0n) is 10.7. The summed E-state index contributed by atoms with van der Waals surface area (Å²) >= 11 is 0. The van der Waals surface area contributed by atoms with Gasteiger partial charge in [0.05, 0.1) is 4.92 Å². The third kappa shape index (κ3) is 2.92. The second-order valence-electron chi connectivity index (χ2n) is 4.30. The molecule has 0 saturated carbocycles. The first-order chi connectivity index (χ1) is 9.49. The van der Waals surface area contributed by atoms with Gasteiger partial charge in [-0.1, -0.05) is 12.1 Å². The van der Waals surface area contributed by atoms with Crippen LogP contribution in [0, 0.1) is 15.9 Å². The average molecular weight is 276 g/mol. The summed E-state index contributed by atoms with van der Waals surface area (Å²) < 4.78 is 18.8. The van der Waals surface area contributed by atoms with Crippen molar-refractivity contribution in [1.82, 2.24) is 0 Å². The van der Waals surface area contributed by atoms with E-state index in [4.69, 9.17) is 10.5 Å². The van der Waals surface area contributed by atoms with E-state index in [1.54, 1.807) is 19.1 Å². The summed E-state index contributed by atoms with van der Waals surface area (Å²) in [7, 11) is 0. The quantitative estimate of drug-likeness (QED) is 0.684. The first-order valence-corrected chi connectivity index (χ1v) is 5.95. The number of nitro benzene ring substituents is 1. The Kier molecular flexibility index (Phi) is 3.95. The Morgan fingerprint density at radius 3 is 2.60 bits per heavy atom. The van der Waals surface area contributed by atoms with Crippen LogP contribution < -0.4 is 10.5 Å². The van der Waals surface area contributed by atoms with E-state index in [1.807, 2.05) is 0 Å². The molecule has 0 heterocycles. The van der Waals surface area contributed by atoms with Crippen LogP contribution in [0.5, 0.6) is 11.5 Å². The van der Waals surface area contributed by atoms with Crippen molar-refractivity contribution < 1.29 is 14.1 Å². The minimum absolute atomic E-state index is 0.0889. The number of rotatable bonds is 4. The van der Waals surface area contributed by atoms with E-state index < -0.39 is 16.8 Å². The molecule has 0 spiro atoms. The third-order valence-corrected chi connectivity index (χ3v) is 2.74. The number of hydrogen-bond acceptors (Lipinski definition) is 4. The summed E-state index contributed by atoms with van der Waals surface area (Å²) in [5.74, 6) is -0.0473. The van der Waals surface area contributed by atoms with Crippen LogP contribution in [0.25, 0.3) is 0 Å². The fourth-order valence-corrected chi connectivity index (χ4v) is 1.78. The van der Waals surface area contributed by atoms with Gasteiger partial charge in [0.2, 0.25) is 5.75 Å². The smallest absolute Gasteiger partial charge is 0.311 e. The van der Waals surface area contributed by atoms with E-state index >= 15 is 0 Å². The van der Waals surface area contributed by atoms with E-state index in [9.17, 15) is 14.5 Å². The maximum atomic E-state index is 13.2. The van der Waals surface area contributed by atoms with Crippen LogP contribution in [-0.2, 0) is 0 Å². The first-order valence-electron chi connectivity index (χ1n) is 5.95. The van der Waals surface area contributed by atoms with Gasteiger partial charge in [-0.3, -0.25) is 10.1 Å². The molecular formula is C14H13FN2O3. The highest BCUT2D eigenvalue weighted by atomic mass is 19.1. The number of nitro groups is 1. The first kappa shape index (κ1) is 14.0. The molecule has 0 aliphatic heterocycles. The Hall–Kier alpha value is -2.47. The lowest BCUT2D eigenvalue weighted by Gasteiger charge is -2.13. The van der Waals surface area contributed by atoms with Crippen molar-refractivity contribution in [3.05, 3.63) is 64.0 Å². The van der Waals surface area contributed by atoms with Gasteiger partial charge in [-0.25, -0.2) is 4.39 Å². The lowest BCUT2D eigenvalue weighted by Crippen LogP contribution is -2.07. The van der Waals surface area contributed by atoms with Crippen molar-refractivity contribution >= 4 is 5.69 Å². The zero-order chi connectivity index (χ0) is 14.7. The molecule has 0 bridgehead atoms. The molecule has 2 N–H and O–H groups in total. The normalized spacial score (nSPS) is 11.9. The molecule has 0 aliphatic rings. The Labute approximate surface area is 114 Å². The van der Waals surface area contributed by atoms with E-state index in [-0.39, 0.29) is 11.4 Å². The second kappa shape index (κ2) is 5.66. The van der Waals surface area contributed by atoms with Crippen molar-refractivity contribution in [1.29, 1.82) is 0 Å². The molecule has 0 radical (unpaired) electrons. The van der Waals surface area contributed by atoms with Gasteiger partial charge in [-0.15, -0.1) is 0 Å². The number of nitrogens with two attached hydrogens (primary N) is 1. The Balaban J connectivity index is 2.43. The van der Waals surface area contributed by atoms with Crippen molar-refractivity contribution in [2.24, 2.45) is 5.73 Å². The van der Waals surface area contributed by atoms with Crippen LogP contribution in [-0.4, -0.2) is 4.92 Å². The maximum Gasteiger partial charge on any atom is 0.311 e. The molecule has 0 aromatic heterocycles. The summed E-state index contributed by atoms with van der Waals surface area (Å²) in [6.07, 6.45) is 0. The second-order valence-corrected chi connectivity index (χ2v) is 4.30.